The third kappa shape index (κ3) is 4.08. The zero-order valence-corrected chi connectivity index (χ0v) is 16.0. The molecule has 2 aromatic rings. The van der Waals surface area contributed by atoms with Crippen molar-refractivity contribution in [3.8, 4) is 11.5 Å². The highest BCUT2D eigenvalue weighted by atomic mass is 19.1. The van der Waals surface area contributed by atoms with Crippen LogP contribution >= 0.6 is 0 Å². The number of halogens is 1. The molecule has 0 radical (unpaired) electrons. The van der Waals surface area contributed by atoms with Crippen LogP contribution in [0.25, 0.3) is 0 Å². The number of ether oxygens (including phenoxy) is 2. The Bertz CT molecular complexity index is 832. The van der Waals surface area contributed by atoms with E-state index in [0.29, 0.717) is 55.2 Å². The van der Waals surface area contributed by atoms with Gasteiger partial charge >= 0.3 is 0 Å². The first kappa shape index (κ1) is 19.7. The Kier molecular flexibility index (Phi) is 6.13. The fourth-order valence-corrected chi connectivity index (χ4v) is 3.32. The molecule has 0 unspecified atom stereocenters. The highest BCUT2D eigenvalue weighted by molar-refractivity contribution is 6.00. The van der Waals surface area contributed by atoms with Crippen molar-refractivity contribution in [1.29, 1.82) is 0 Å². The fourth-order valence-electron chi connectivity index (χ4n) is 3.32. The van der Waals surface area contributed by atoms with E-state index in [1.165, 1.54) is 38.5 Å². The van der Waals surface area contributed by atoms with Gasteiger partial charge in [-0.15, -0.1) is 0 Å². The van der Waals surface area contributed by atoms with Crippen LogP contribution in [0, 0.1) is 5.82 Å². The lowest BCUT2D eigenvalue weighted by atomic mass is 10.1. The van der Waals surface area contributed by atoms with Gasteiger partial charge in [-0.3, -0.25) is 9.59 Å². The monoisotopic (exact) mass is 386 g/mol. The fraction of sp³-hybridized carbons (Fsp3) is 0.333. The van der Waals surface area contributed by atoms with Crippen LogP contribution in [0.1, 0.15) is 27.1 Å². The minimum absolute atomic E-state index is 0.163. The Morgan fingerprint density at radius 3 is 1.89 bits per heavy atom. The molecular formula is C21H23FN2O4. The number of amides is 2. The van der Waals surface area contributed by atoms with Crippen LogP contribution in [0.2, 0.25) is 0 Å². The topological polar surface area (TPSA) is 59.1 Å². The molecule has 1 heterocycles. The zero-order valence-electron chi connectivity index (χ0n) is 16.0. The summed E-state index contributed by atoms with van der Waals surface area (Å²) < 4.78 is 23.8. The number of hydrogen-bond acceptors (Lipinski definition) is 4. The quantitative estimate of drug-likeness (QED) is 0.811. The first-order valence-corrected chi connectivity index (χ1v) is 9.10. The van der Waals surface area contributed by atoms with Gasteiger partial charge in [0.1, 0.15) is 22.9 Å². The van der Waals surface area contributed by atoms with Gasteiger partial charge in [0.15, 0.2) is 0 Å². The van der Waals surface area contributed by atoms with Crippen LogP contribution in [0.5, 0.6) is 11.5 Å². The third-order valence-corrected chi connectivity index (χ3v) is 4.80. The zero-order chi connectivity index (χ0) is 20.1. The molecule has 0 N–H and O–H groups in total. The lowest BCUT2D eigenvalue weighted by Gasteiger charge is -2.23. The van der Waals surface area contributed by atoms with Crippen LogP contribution in [0.15, 0.2) is 42.5 Å². The number of carbonyl (C=O) groups is 2. The Labute approximate surface area is 163 Å². The molecule has 2 aromatic carbocycles. The third-order valence-electron chi connectivity index (χ3n) is 4.80. The summed E-state index contributed by atoms with van der Waals surface area (Å²) in [4.78, 5) is 29.2. The molecule has 1 aliphatic heterocycles. The number of carbonyl (C=O) groups excluding carboxylic acids is 2. The van der Waals surface area contributed by atoms with E-state index in [9.17, 15) is 14.0 Å². The van der Waals surface area contributed by atoms with Gasteiger partial charge in [-0.2, -0.15) is 0 Å². The summed E-state index contributed by atoms with van der Waals surface area (Å²) in [5.41, 5.74) is 0.818. The Morgan fingerprint density at radius 1 is 0.821 bits per heavy atom. The first-order chi connectivity index (χ1) is 13.5. The molecule has 1 saturated heterocycles. The van der Waals surface area contributed by atoms with Crippen LogP contribution in [0.4, 0.5) is 4.39 Å². The molecule has 7 heteroatoms. The SMILES string of the molecule is COc1cccc(OC)c1C(=O)N1CCCN(C(=O)c2ccc(F)cc2)CC1. The minimum atomic E-state index is -0.380. The largest absolute Gasteiger partial charge is 0.496 e. The predicted octanol–water partition coefficient (Wildman–Crippen LogP) is 2.83. The van der Waals surface area contributed by atoms with Gasteiger partial charge in [-0.25, -0.2) is 4.39 Å². The van der Waals surface area contributed by atoms with E-state index in [1.807, 2.05) is 0 Å². The molecule has 148 valence electrons. The molecule has 0 spiro atoms. The second-order valence-electron chi connectivity index (χ2n) is 6.48. The predicted molar refractivity (Wildman–Crippen MR) is 102 cm³/mol. The van der Waals surface area contributed by atoms with Gasteiger partial charge < -0.3 is 19.3 Å². The standard InChI is InChI=1S/C21H23FN2O4/c1-27-17-5-3-6-18(28-2)19(17)21(26)24-12-4-11-23(13-14-24)20(25)15-7-9-16(22)10-8-15/h3,5-10H,4,11-14H2,1-2H3. The molecule has 28 heavy (non-hydrogen) atoms. The van der Waals surface area contributed by atoms with Crippen molar-refractivity contribution < 1.29 is 23.5 Å². The molecule has 2 amide bonds. The molecule has 0 aromatic heterocycles. The van der Waals surface area contributed by atoms with E-state index in [-0.39, 0.29) is 17.6 Å². The lowest BCUT2D eigenvalue weighted by Crippen LogP contribution is -2.37. The Balaban J connectivity index is 1.74. The summed E-state index contributed by atoms with van der Waals surface area (Å²) in [6.45, 7) is 1.85. The average Bonchev–Trinajstić information content (AvgIpc) is 2.99. The maximum Gasteiger partial charge on any atom is 0.261 e. The minimum Gasteiger partial charge on any atom is -0.496 e. The highest BCUT2D eigenvalue weighted by Gasteiger charge is 2.27. The van der Waals surface area contributed by atoms with Crippen molar-refractivity contribution >= 4 is 11.8 Å². The van der Waals surface area contributed by atoms with Crippen LogP contribution in [-0.4, -0.2) is 62.0 Å². The van der Waals surface area contributed by atoms with Crippen molar-refractivity contribution in [3.63, 3.8) is 0 Å². The molecule has 6 nitrogen and oxygen atoms in total. The summed E-state index contributed by atoms with van der Waals surface area (Å²) in [5.74, 6) is 0.171. The summed E-state index contributed by atoms with van der Waals surface area (Å²) in [6, 6.07) is 10.7. The van der Waals surface area contributed by atoms with E-state index in [0.717, 1.165) is 0 Å². The van der Waals surface area contributed by atoms with E-state index in [4.69, 9.17) is 9.47 Å². The second-order valence-corrected chi connectivity index (χ2v) is 6.48. The molecule has 0 saturated carbocycles. The number of methoxy groups -OCH3 is 2. The second kappa shape index (κ2) is 8.73. The van der Waals surface area contributed by atoms with Gasteiger partial charge in [-0.05, 0) is 42.8 Å². The summed E-state index contributed by atoms with van der Waals surface area (Å²) >= 11 is 0. The first-order valence-electron chi connectivity index (χ1n) is 9.10. The summed E-state index contributed by atoms with van der Waals surface area (Å²) in [5, 5.41) is 0. The van der Waals surface area contributed by atoms with E-state index < -0.39 is 0 Å². The average molecular weight is 386 g/mol. The summed E-state index contributed by atoms with van der Waals surface area (Å²) in [6.07, 6.45) is 0.649. The maximum atomic E-state index is 13.1. The van der Waals surface area contributed by atoms with Crippen LogP contribution < -0.4 is 9.47 Å². The number of nitrogens with zero attached hydrogens (tertiary/aromatic N) is 2. The Morgan fingerprint density at radius 2 is 1.36 bits per heavy atom. The van der Waals surface area contributed by atoms with Gasteiger partial charge in [-0.1, -0.05) is 6.07 Å². The molecule has 3 rings (SSSR count). The number of hydrogen-bond donors (Lipinski definition) is 0. The van der Waals surface area contributed by atoms with Gasteiger partial charge in [0.05, 0.1) is 14.2 Å². The van der Waals surface area contributed by atoms with E-state index >= 15 is 0 Å². The van der Waals surface area contributed by atoms with E-state index in [2.05, 4.69) is 0 Å². The van der Waals surface area contributed by atoms with Crippen LogP contribution in [-0.2, 0) is 0 Å². The summed E-state index contributed by atoms with van der Waals surface area (Å²) in [7, 11) is 3.02. The molecule has 1 fully saturated rings. The number of benzene rings is 2. The molecule has 0 bridgehead atoms. The maximum absolute atomic E-state index is 13.1. The molecule has 1 aliphatic rings. The molecule has 0 atom stereocenters. The highest BCUT2D eigenvalue weighted by Crippen LogP contribution is 2.30. The van der Waals surface area contributed by atoms with Gasteiger partial charge in [0.2, 0.25) is 0 Å². The normalized spacial score (nSPS) is 14.4. The van der Waals surface area contributed by atoms with Crippen LogP contribution in [0.3, 0.4) is 0 Å². The molecule has 0 aliphatic carbocycles. The van der Waals surface area contributed by atoms with Crippen molar-refractivity contribution in [2.75, 3.05) is 40.4 Å². The van der Waals surface area contributed by atoms with Gasteiger partial charge in [0.25, 0.3) is 11.8 Å². The van der Waals surface area contributed by atoms with Crippen molar-refractivity contribution in [1.82, 2.24) is 9.80 Å². The van der Waals surface area contributed by atoms with E-state index in [1.54, 1.807) is 28.0 Å². The lowest BCUT2D eigenvalue weighted by molar-refractivity contribution is 0.0715. The van der Waals surface area contributed by atoms with Crippen molar-refractivity contribution in [2.45, 2.75) is 6.42 Å². The molecular weight excluding hydrogens is 363 g/mol. The van der Waals surface area contributed by atoms with Crippen molar-refractivity contribution in [2.24, 2.45) is 0 Å². The van der Waals surface area contributed by atoms with Gasteiger partial charge in [0, 0.05) is 31.7 Å². The Hall–Kier alpha value is -3.09. The smallest absolute Gasteiger partial charge is 0.261 e. The van der Waals surface area contributed by atoms with Crippen molar-refractivity contribution in [3.05, 3.63) is 59.4 Å². The number of rotatable bonds is 4.